The molecule has 0 saturated carbocycles. The van der Waals surface area contributed by atoms with Gasteiger partial charge in [-0.05, 0) is 49.2 Å². The summed E-state index contributed by atoms with van der Waals surface area (Å²) >= 11 is 7.60. The Kier molecular flexibility index (Phi) is 5.11. The van der Waals surface area contributed by atoms with Gasteiger partial charge in [0.1, 0.15) is 5.75 Å². The molecule has 1 N–H and O–H groups in total. The summed E-state index contributed by atoms with van der Waals surface area (Å²) in [6.07, 6.45) is 1.39. The van der Waals surface area contributed by atoms with Crippen molar-refractivity contribution < 1.29 is 9.84 Å². The topological polar surface area (TPSA) is 60.2 Å². The van der Waals surface area contributed by atoms with Crippen LogP contribution < -0.4 is 4.74 Å². The Morgan fingerprint density at radius 1 is 1.15 bits per heavy atom. The summed E-state index contributed by atoms with van der Waals surface area (Å²) in [6.45, 7) is 0.143. The van der Waals surface area contributed by atoms with Gasteiger partial charge in [0.05, 0.1) is 28.7 Å². The first-order valence-electron chi connectivity index (χ1n) is 8.58. The summed E-state index contributed by atoms with van der Waals surface area (Å²) in [7, 11) is 1.66. The molecule has 0 radical (unpaired) electrons. The molecular formula is C20H18ClN3O2S. The number of aryl methyl sites for hydroxylation is 1. The van der Waals surface area contributed by atoms with E-state index in [1.54, 1.807) is 18.4 Å². The van der Waals surface area contributed by atoms with Crippen LogP contribution in [0.1, 0.15) is 12.1 Å². The van der Waals surface area contributed by atoms with Gasteiger partial charge in [-0.25, -0.2) is 9.67 Å². The maximum absolute atomic E-state index is 9.14. The van der Waals surface area contributed by atoms with Crippen molar-refractivity contribution in [3.05, 3.63) is 59.2 Å². The van der Waals surface area contributed by atoms with Gasteiger partial charge >= 0.3 is 0 Å². The Bertz CT molecular complexity index is 1070. The number of nitrogens with zero attached hydrogens (tertiary/aromatic N) is 3. The van der Waals surface area contributed by atoms with Crippen LogP contribution >= 0.6 is 22.9 Å². The van der Waals surface area contributed by atoms with Crippen LogP contribution in [-0.4, -0.2) is 33.6 Å². The minimum Gasteiger partial charge on any atom is -0.497 e. The van der Waals surface area contributed by atoms with Crippen LogP contribution in [0.4, 0.5) is 0 Å². The van der Waals surface area contributed by atoms with E-state index >= 15 is 0 Å². The predicted octanol–water partition coefficient (Wildman–Crippen LogP) is 4.74. The molecule has 7 heteroatoms. The number of hydrogen-bond acceptors (Lipinski definition) is 5. The van der Waals surface area contributed by atoms with Gasteiger partial charge in [-0.15, -0.1) is 0 Å². The van der Waals surface area contributed by atoms with Crippen LogP contribution in [0.2, 0.25) is 5.02 Å². The van der Waals surface area contributed by atoms with Gasteiger partial charge in [-0.3, -0.25) is 0 Å². The van der Waals surface area contributed by atoms with Crippen LogP contribution in [0.25, 0.3) is 26.6 Å². The SMILES string of the molecule is COc1ccc2nc(-n3nc(CCCO)cc3-c3ccc(Cl)cc3)sc2c1. The Morgan fingerprint density at radius 2 is 1.96 bits per heavy atom. The van der Waals surface area contributed by atoms with Gasteiger partial charge < -0.3 is 9.84 Å². The van der Waals surface area contributed by atoms with Crippen molar-refractivity contribution in [1.29, 1.82) is 0 Å². The van der Waals surface area contributed by atoms with E-state index in [1.165, 1.54) is 0 Å². The summed E-state index contributed by atoms with van der Waals surface area (Å²) in [5, 5.41) is 15.4. The molecule has 0 aliphatic rings. The zero-order valence-electron chi connectivity index (χ0n) is 14.7. The van der Waals surface area contributed by atoms with Crippen molar-refractivity contribution in [3.8, 4) is 22.1 Å². The van der Waals surface area contributed by atoms with E-state index in [0.717, 1.165) is 38.0 Å². The Hall–Kier alpha value is -2.41. The number of aromatic nitrogens is 3. The highest BCUT2D eigenvalue weighted by molar-refractivity contribution is 7.20. The largest absolute Gasteiger partial charge is 0.497 e. The van der Waals surface area contributed by atoms with Crippen LogP contribution in [0.3, 0.4) is 0 Å². The molecule has 138 valence electrons. The Balaban J connectivity index is 1.82. The van der Waals surface area contributed by atoms with Crippen molar-refractivity contribution in [3.63, 3.8) is 0 Å². The van der Waals surface area contributed by atoms with E-state index in [0.29, 0.717) is 17.9 Å². The van der Waals surface area contributed by atoms with E-state index in [9.17, 15) is 0 Å². The Labute approximate surface area is 165 Å². The summed E-state index contributed by atoms with van der Waals surface area (Å²) < 4.78 is 8.22. The molecule has 27 heavy (non-hydrogen) atoms. The summed E-state index contributed by atoms with van der Waals surface area (Å²) in [5.41, 5.74) is 3.79. The minimum absolute atomic E-state index is 0.143. The normalized spacial score (nSPS) is 11.2. The van der Waals surface area contributed by atoms with E-state index in [-0.39, 0.29) is 6.61 Å². The first-order chi connectivity index (χ1) is 13.2. The lowest BCUT2D eigenvalue weighted by molar-refractivity contribution is 0.288. The fraction of sp³-hybridized carbons (Fsp3) is 0.200. The molecule has 0 saturated heterocycles. The number of rotatable bonds is 6. The zero-order chi connectivity index (χ0) is 18.8. The zero-order valence-corrected chi connectivity index (χ0v) is 16.3. The number of halogens is 1. The van der Waals surface area contributed by atoms with Gasteiger partial charge in [0.25, 0.3) is 0 Å². The van der Waals surface area contributed by atoms with E-state index in [1.807, 2.05) is 53.2 Å². The van der Waals surface area contributed by atoms with Gasteiger partial charge in [0.2, 0.25) is 5.13 Å². The van der Waals surface area contributed by atoms with E-state index < -0.39 is 0 Å². The summed E-state index contributed by atoms with van der Waals surface area (Å²) in [6, 6.07) is 15.6. The van der Waals surface area contributed by atoms with Crippen molar-refractivity contribution in [2.75, 3.05) is 13.7 Å². The number of aliphatic hydroxyl groups excluding tert-OH is 1. The Morgan fingerprint density at radius 3 is 2.70 bits per heavy atom. The third-order valence-electron chi connectivity index (χ3n) is 4.26. The highest BCUT2D eigenvalue weighted by Crippen LogP contribution is 2.32. The fourth-order valence-electron chi connectivity index (χ4n) is 2.89. The smallest absolute Gasteiger partial charge is 0.212 e. The van der Waals surface area contributed by atoms with Crippen molar-refractivity contribution in [1.82, 2.24) is 14.8 Å². The number of thiazole rings is 1. The van der Waals surface area contributed by atoms with Crippen LogP contribution in [0.5, 0.6) is 5.75 Å². The van der Waals surface area contributed by atoms with Crippen molar-refractivity contribution in [2.24, 2.45) is 0 Å². The predicted molar refractivity (Wildman–Crippen MR) is 109 cm³/mol. The molecule has 2 heterocycles. The summed E-state index contributed by atoms with van der Waals surface area (Å²) in [4.78, 5) is 4.74. The summed E-state index contributed by atoms with van der Waals surface area (Å²) in [5.74, 6) is 0.805. The lowest BCUT2D eigenvalue weighted by Gasteiger charge is -2.04. The van der Waals surface area contributed by atoms with Crippen LogP contribution in [0, 0.1) is 0 Å². The van der Waals surface area contributed by atoms with Gasteiger partial charge in [-0.1, -0.05) is 35.1 Å². The van der Waals surface area contributed by atoms with Crippen molar-refractivity contribution in [2.45, 2.75) is 12.8 Å². The van der Waals surface area contributed by atoms with E-state index in [4.69, 9.17) is 31.5 Å². The third-order valence-corrected chi connectivity index (χ3v) is 5.50. The molecule has 2 aromatic carbocycles. The quantitative estimate of drug-likeness (QED) is 0.509. The molecule has 4 aromatic rings. The molecule has 0 unspecified atom stereocenters. The number of ether oxygens (including phenoxy) is 1. The standard InChI is InChI=1S/C20H18ClN3O2S/c1-26-16-8-9-17-19(12-16)27-20(22-17)24-18(11-15(23-24)3-2-10-25)13-4-6-14(21)7-5-13/h4-9,11-12,25H,2-3,10H2,1H3. The average Bonchev–Trinajstić information content (AvgIpc) is 3.30. The number of methoxy groups -OCH3 is 1. The van der Waals surface area contributed by atoms with Crippen molar-refractivity contribution >= 4 is 33.2 Å². The van der Waals surface area contributed by atoms with Gasteiger partial charge in [0.15, 0.2) is 0 Å². The maximum atomic E-state index is 9.14. The number of benzene rings is 2. The lowest BCUT2D eigenvalue weighted by Crippen LogP contribution is -1.99. The molecule has 0 aliphatic carbocycles. The average molecular weight is 400 g/mol. The molecule has 0 atom stereocenters. The minimum atomic E-state index is 0.143. The van der Waals surface area contributed by atoms with E-state index in [2.05, 4.69) is 0 Å². The molecule has 0 fully saturated rings. The lowest BCUT2D eigenvalue weighted by atomic mass is 10.1. The number of fused-ring (bicyclic) bond motifs is 1. The highest BCUT2D eigenvalue weighted by atomic mass is 35.5. The molecule has 2 aromatic heterocycles. The first-order valence-corrected chi connectivity index (χ1v) is 9.78. The second-order valence-electron chi connectivity index (χ2n) is 6.10. The van der Waals surface area contributed by atoms with Crippen LogP contribution in [-0.2, 0) is 6.42 Å². The molecule has 0 spiro atoms. The molecule has 0 amide bonds. The molecule has 4 rings (SSSR count). The second-order valence-corrected chi connectivity index (χ2v) is 7.54. The number of aliphatic hydroxyl groups is 1. The first kappa shape index (κ1) is 18.0. The maximum Gasteiger partial charge on any atom is 0.212 e. The molecule has 0 aliphatic heterocycles. The van der Waals surface area contributed by atoms with Crippen LogP contribution in [0.15, 0.2) is 48.5 Å². The highest BCUT2D eigenvalue weighted by Gasteiger charge is 2.15. The molecule has 0 bridgehead atoms. The number of hydrogen-bond donors (Lipinski definition) is 1. The second kappa shape index (κ2) is 7.68. The van der Waals surface area contributed by atoms with Gasteiger partial charge in [0, 0.05) is 17.2 Å². The molecule has 5 nitrogen and oxygen atoms in total. The van der Waals surface area contributed by atoms with Gasteiger partial charge in [-0.2, -0.15) is 5.10 Å². The monoisotopic (exact) mass is 399 g/mol. The third kappa shape index (κ3) is 3.69. The molecular weight excluding hydrogens is 382 g/mol. The fourth-order valence-corrected chi connectivity index (χ4v) is 3.98.